The van der Waals surface area contributed by atoms with Gasteiger partial charge >= 0.3 is 0 Å². The van der Waals surface area contributed by atoms with Gasteiger partial charge in [-0.3, -0.25) is 4.79 Å². The smallest absolute Gasteiger partial charge is 0.225 e. The molecule has 4 rings (SSSR count). The average molecular weight is 371 g/mol. The van der Waals surface area contributed by atoms with Crippen molar-refractivity contribution in [3.05, 3.63) is 18.0 Å². The zero-order valence-corrected chi connectivity index (χ0v) is 16.6. The van der Waals surface area contributed by atoms with E-state index in [9.17, 15) is 4.79 Å². The van der Waals surface area contributed by atoms with Crippen LogP contribution in [0.15, 0.2) is 12.1 Å². The molecule has 2 aromatic rings. The van der Waals surface area contributed by atoms with Gasteiger partial charge in [-0.15, -0.1) is 15.3 Å². The van der Waals surface area contributed by atoms with Gasteiger partial charge in [-0.05, 0) is 56.6 Å². The Balaban J connectivity index is 1.43. The molecule has 1 aliphatic heterocycles. The second-order valence-electron chi connectivity index (χ2n) is 8.47. The third kappa shape index (κ3) is 3.64. The summed E-state index contributed by atoms with van der Waals surface area (Å²) >= 11 is 0. The summed E-state index contributed by atoms with van der Waals surface area (Å²) in [5, 5.41) is 13.4. The molecule has 0 radical (unpaired) electrons. The van der Waals surface area contributed by atoms with Gasteiger partial charge in [-0.1, -0.05) is 6.92 Å². The number of amides is 1. The van der Waals surface area contributed by atoms with Gasteiger partial charge in [-0.2, -0.15) is 4.52 Å². The Morgan fingerprint density at radius 1 is 1.04 bits per heavy atom. The van der Waals surface area contributed by atoms with Gasteiger partial charge < -0.3 is 9.80 Å². The highest BCUT2D eigenvalue weighted by Gasteiger charge is 2.32. The summed E-state index contributed by atoms with van der Waals surface area (Å²) in [7, 11) is 3.96. The van der Waals surface area contributed by atoms with Crippen LogP contribution in [0.1, 0.15) is 57.2 Å². The third-order valence-electron chi connectivity index (χ3n) is 6.27. The SMILES string of the molecule is CC1CCC(C(=O)N2CCC(c3nnc4ccc(N(C)C)nn34)CC2)CC1. The molecule has 1 saturated carbocycles. The molecular formula is C20H30N6O. The zero-order chi connectivity index (χ0) is 19.0. The highest BCUT2D eigenvalue weighted by atomic mass is 16.2. The monoisotopic (exact) mass is 370 g/mol. The summed E-state index contributed by atoms with van der Waals surface area (Å²) in [6.45, 7) is 3.93. The molecule has 7 heteroatoms. The number of anilines is 1. The van der Waals surface area contributed by atoms with Crippen molar-refractivity contribution in [3.8, 4) is 0 Å². The Kier molecular flexibility index (Phi) is 5.02. The number of hydrogen-bond donors (Lipinski definition) is 0. The van der Waals surface area contributed by atoms with Crippen LogP contribution in [0.3, 0.4) is 0 Å². The van der Waals surface area contributed by atoms with Gasteiger partial charge in [0.25, 0.3) is 0 Å². The molecule has 2 fully saturated rings. The van der Waals surface area contributed by atoms with E-state index >= 15 is 0 Å². The average Bonchev–Trinajstić information content (AvgIpc) is 3.11. The first-order chi connectivity index (χ1) is 13.0. The molecule has 146 valence electrons. The van der Waals surface area contributed by atoms with Crippen LogP contribution in [-0.4, -0.2) is 57.8 Å². The van der Waals surface area contributed by atoms with Gasteiger partial charge in [0.2, 0.25) is 5.91 Å². The van der Waals surface area contributed by atoms with Crippen LogP contribution < -0.4 is 4.90 Å². The van der Waals surface area contributed by atoms with E-state index in [1.165, 1.54) is 12.8 Å². The van der Waals surface area contributed by atoms with E-state index in [0.717, 1.165) is 62.0 Å². The fourth-order valence-electron chi connectivity index (χ4n) is 4.41. The number of hydrogen-bond acceptors (Lipinski definition) is 5. The van der Waals surface area contributed by atoms with Crippen LogP contribution in [0.4, 0.5) is 5.82 Å². The summed E-state index contributed by atoms with van der Waals surface area (Å²) < 4.78 is 1.88. The lowest BCUT2D eigenvalue weighted by Crippen LogP contribution is -2.42. The molecule has 1 saturated heterocycles. The number of likely N-dealkylation sites (tertiary alicyclic amines) is 1. The van der Waals surface area contributed by atoms with Crippen molar-refractivity contribution in [3.63, 3.8) is 0 Å². The Hall–Kier alpha value is -2.18. The first kappa shape index (κ1) is 18.2. The molecule has 27 heavy (non-hydrogen) atoms. The van der Waals surface area contributed by atoms with Crippen molar-refractivity contribution >= 4 is 17.4 Å². The molecule has 7 nitrogen and oxygen atoms in total. The van der Waals surface area contributed by atoms with Crippen molar-refractivity contribution in [2.24, 2.45) is 11.8 Å². The minimum Gasteiger partial charge on any atom is -0.361 e. The molecule has 1 amide bonds. The normalized spacial score (nSPS) is 24.3. The number of aromatic nitrogens is 4. The van der Waals surface area contributed by atoms with Gasteiger partial charge in [0.05, 0.1) is 0 Å². The predicted molar refractivity (Wildman–Crippen MR) is 105 cm³/mol. The molecule has 0 unspecified atom stereocenters. The van der Waals surface area contributed by atoms with Crippen LogP contribution in [-0.2, 0) is 4.79 Å². The van der Waals surface area contributed by atoms with Crippen LogP contribution in [0, 0.1) is 11.8 Å². The van der Waals surface area contributed by atoms with Crippen molar-refractivity contribution < 1.29 is 4.79 Å². The molecular weight excluding hydrogens is 340 g/mol. The van der Waals surface area contributed by atoms with E-state index in [-0.39, 0.29) is 5.92 Å². The summed E-state index contributed by atoms with van der Waals surface area (Å²) in [6, 6.07) is 3.92. The van der Waals surface area contributed by atoms with Crippen LogP contribution in [0.2, 0.25) is 0 Å². The largest absolute Gasteiger partial charge is 0.361 e. The van der Waals surface area contributed by atoms with E-state index in [4.69, 9.17) is 0 Å². The molecule has 2 aliphatic rings. The summed E-state index contributed by atoms with van der Waals surface area (Å²) in [5.41, 5.74) is 0.783. The highest BCUT2D eigenvalue weighted by Crippen LogP contribution is 2.32. The number of piperidine rings is 1. The standard InChI is InChI=1S/C20H30N6O/c1-14-4-6-16(7-5-14)20(27)25-12-10-15(11-13-25)19-22-21-17-8-9-18(24(2)3)23-26(17)19/h8-9,14-16H,4-7,10-13H2,1-3H3. The maximum Gasteiger partial charge on any atom is 0.225 e. The minimum absolute atomic E-state index is 0.246. The molecule has 0 bridgehead atoms. The van der Waals surface area contributed by atoms with E-state index in [0.29, 0.717) is 11.8 Å². The Bertz CT molecular complexity index is 800. The lowest BCUT2D eigenvalue weighted by Gasteiger charge is -2.35. The topological polar surface area (TPSA) is 66.6 Å². The molecule has 0 aromatic carbocycles. The maximum atomic E-state index is 12.9. The Labute approximate surface area is 160 Å². The summed E-state index contributed by atoms with van der Waals surface area (Å²) in [5.74, 6) is 3.52. The van der Waals surface area contributed by atoms with Crippen LogP contribution >= 0.6 is 0 Å². The Morgan fingerprint density at radius 3 is 2.41 bits per heavy atom. The summed E-state index contributed by atoms with van der Waals surface area (Å²) in [4.78, 5) is 16.9. The zero-order valence-electron chi connectivity index (χ0n) is 16.6. The number of carbonyl (C=O) groups is 1. The van der Waals surface area contributed by atoms with Gasteiger partial charge in [0, 0.05) is 39.0 Å². The number of carbonyl (C=O) groups excluding carboxylic acids is 1. The molecule has 3 heterocycles. The van der Waals surface area contributed by atoms with E-state index in [1.54, 1.807) is 0 Å². The quantitative estimate of drug-likeness (QED) is 0.831. The lowest BCUT2D eigenvalue weighted by atomic mass is 9.82. The molecule has 0 N–H and O–H groups in total. The Morgan fingerprint density at radius 2 is 1.74 bits per heavy atom. The maximum absolute atomic E-state index is 12.9. The second kappa shape index (κ2) is 7.44. The van der Waals surface area contributed by atoms with E-state index < -0.39 is 0 Å². The second-order valence-corrected chi connectivity index (χ2v) is 8.47. The first-order valence-electron chi connectivity index (χ1n) is 10.2. The third-order valence-corrected chi connectivity index (χ3v) is 6.27. The molecule has 1 aliphatic carbocycles. The molecule has 0 spiro atoms. The number of fused-ring (bicyclic) bond motifs is 1. The van der Waals surface area contributed by atoms with E-state index in [2.05, 4.69) is 27.1 Å². The first-order valence-corrected chi connectivity index (χ1v) is 10.2. The lowest BCUT2D eigenvalue weighted by molar-refractivity contribution is -0.137. The fraction of sp³-hybridized carbons (Fsp3) is 0.700. The van der Waals surface area contributed by atoms with Crippen molar-refractivity contribution in [2.45, 2.75) is 51.4 Å². The van der Waals surface area contributed by atoms with Crippen LogP contribution in [0.25, 0.3) is 5.65 Å². The minimum atomic E-state index is 0.246. The number of nitrogens with zero attached hydrogens (tertiary/aromatic N) is 6. The van der Waals surface area contributed by atoms with Gasteiger partial charge in [0.15, 0.2) is 11.5 Å². The van der Waals surface area contributed by atoms with Crippen molar-refractivity contribution in [1.29, 1.82) is 0 Å². The predicted octanol–water partition coefficient (Wildman–Crippen LogP) is 2.72. The van der Waals surface area contributed by atoms with Crippen LogP contribution in [0.5, 0.6) is 0 Å². The van der Waals surface area contributed by atoms with Gasteiger partial charge in [0.1, 0.15) is 5.82 Å². The molecule has 2 aromatic heterocycles. The number of rotatable bonds is 3. The molecule has 0 atom stereocenters. The fourth-order valence-corrected chi connectivity index (χ4v) is 4.41. The highest BCUT2D eigenvalue weighted by molar-refractivity contribution is 5.79. The van der Waals surface area contributed by atoms with E-state index in [1.807, 2.05) is 35.6 Å². The van der Waals surface area contributed by atoms with Crippen molar-refractivity contribution in [1.82, 2.24) is 24.7 Å². The van der Waals surface area contributed by atoms with Gasteiger partial charge in [-0.25, -0.2) is 0 Å². The summed E-state index contributed by atoms with van der Waals surface area (Å²) in [6.07, 6.45) is 6.38. The van der Waals surface area contributed by atoms with Crippen molar-refractivity contribution in [2.75, 3.05) is 32.1 Å².